The van der Waals surface area contributed by atoms with Gasteiger partial charge in [0.25, 0.3) is 5.91 Å². The fraction of sp³-hybridized carbons (Fsp3) is 0.158. The molecule has 2 heterocycles. The number of carbonyl (C=O) groups is 1. The molecular weight excluding hydrogens is 322 g/mol. The molecule has 1 amide bonds. The lowest BCUT2D eigenvalue weighted by atomic mass is 10.1. The van der Waals surface area contributed by atoms with E-state index in [1.54, 1.807) is 0 Å². The van der Waals surface area contributed by atoms with E-state index in [1.165, 1.54) is 0 Å². The van der Waals surface area contributed by atoms with E-state index in [9.17, 15) is 4.79 Å². The van der Waals surface area contributed by atoms with E-state index in [0.29, 0.717) is 25.3 Å². The molecule has 5 heteroatoms. The van der Waals surface area contributed by atoms with E-state index in [2.05, 4.69) is 20.9 Å². The summed E-state index contributed by atoms with van der Waals surface area (Å²) in [6, 6.07) is 15.9. The molecule has 0 fully saturated rings. The molecule has 1 aromatic heterocycles. The molecule has 1 N–H and O–H groups in total. The molecule has 0 bridgehead atoms. The first-order valence-corrected chi connectivity index (χ1v) is 8.25. The van der Waals surface area contributed by atoms with Crippen molar-refractivity contribution < 1.29 is 4.79 Å². The van der Waals surface area contributed by atoms with Crippen LogP contribution in [0, 0.1) is 0 Å². The van der Waals surface area contributed by atoms with E-state index in [4.69, 9.17) is 11.6 Å². The highest BCUT2D eigenvalue weighted by Crippen LogP contribution is 2.24. The van der Waals surface area contributed by atoms with Gasteiger partial charge in [-0.05, 0) is 23.8 Å². The van der Waals surface area contributed by atoms with Crippen LogP contribution in [0.25, 0.3) is 10.9 Å². The molecule has 0 aliphatic carbocycles. The van der Waals surface area contributed by atoms with E-state index < -0.39 is 0 Å². The van der Waals surface area contributed by atoms with Crippen LogP contribution in [0.5, 0.6) is 0 Å². The number of nitrogens with one attached hydrogen (secondary N) is 1. The average molecular weight is 338 g/mol. The Labute approximate surface area is 144 Å². The highest BCUT2D eigenvalue weighted by atomic mass is 35.5. The van der Waals surface area contributed by atoms with Crippen LogP contribution in [0.15, 0.2) is 59.7 Å². The predicted octanol–water partition coefficient (Wildman–Crippen LogP) is 3.26. The highest BCUT2D eigenvalue weighted by molar-refractivity contribution is 6.47. The predicted molar refractivity (Wildman–Crippen MR) is 96.9 cm³/mol. The van der Waals surface area contributed by atoms with E-state index >= 15 is 0 Å². The number of aromatic nitrogens is 1. The molecule has 24 heavy (non-hydrogen) atoms. The topological polar surface area (TPSA) is 46.4 Å². The summed E-state index contributed by atoms with van der Waals surface area (Å²) in [6.07, 6.45) is 2.02. The average Bonchev–Trinajstić information content (AvgIpc) is 2.96. The molecule has 1 aliphatic rings. The van der Waals surface area contributed by atoms with Gasteiger partial charge in [0.2, 0.25) is 0 Å². The first kappa shape index (κ1) is 15.0. The van der Waals surface area contributed by atoms with Gasteiger partial charge in [0.05, 0.1) is 6.54 Å². The van der Waals surface area contributed by atoms with Crippen molar-refractivity contribution in [2.24, 2.45) is 4.99 Å². The summed E-state index contributed by atoms with van der Waals surface area (Å²) in [6.45, 7) is 1.94. The molecule has 1 aliphatic heterocycles. The van der Waals surface area contributed by atoms with Gasteiger partial charge in [-0.3, -0.25) is 9.79 Å². The Bertz CT molecular complexity index is 941. The second-order valence-electron chi connectivity index (χ2n) is 5.80. The Kier molecular flexibility index (Phi) is 3.82. The summed E-state index contributed by atoms with van der Waals surface area (Å²) < 4.78 is 2.15. The monoisotopic (exact) mass is 337 g/mol. The third-order valence-electron chi connectivity index (χ3n) is 4.19. The van der Waals surface area contributed by atoms with Crippen LogP contribution in [0.1, 0.15) is 11.1 Å². The number of nitrogens with zero attached hydrogens (tertiary/aromatic N) is 2. The maximum Gasteiger partial charge on any atom is 0.270 e. The quantitative estimate of drug-likeness (QED) is 0.783. The van der Waals surface area contributed by atoms with Crippen molar-refractivity contribution in [3.05, 3.63) is 70.9 Å². The third kappa shape index (κ3) is 2.69. The largest absolute Gasteiger partial charge is 0.349 e. The lowest BCUT2D eigenvalue weighted by Crippen LogP contribution is -2.37. The van der Waals surface area contributed by atoms with Crippen molar-refractivity contribution in [2.75, 3.05) is 13.1 Å². The Morgan fingerprint density at radius 2 is 1.92 bits per heavy atom. The molecule has 0 atom stereocenters. The zero-order valence-electron chi connectivity index (χ0n) is 13.0. The minimum absolute atomic E-state index is 0.101. The SMILES string of the molecule is O=C1NCCN=C1c1cn(Cc2ccc(Cl)cc2)c2ccccc12. The Morgan fingerprint density at radius 1 is 1.12 bits per heavy atom. The first-order valence-electron chi connectivity index (χ1n) is 7.88. The maximum atomic E-state index is 12.2. The molecule has 0 saturated carbocycles. The van der Waals surface area contributed by atoms with E-state index in [0.717, 1.165) is 27.1 Å². The fourth-order valence-electron chi connectivity index (χ4n) is 3.05. The minimum Gasteiger partial charge on any atom is -0.349 e. The minimum atomic E-state index is -0.101. The van der Waals surface area contributed by atoms with E-state index in [-0.39, 0.29) is 5.91 Å². The van der Waals surface area contributed by atoms with Crippen molar-refractivity contribution >= 4 is 34.1 Å². The van der Waals surface area contributed by atoms with Crippen molar-refractivity contribution in [1.29, 1.82) is 0 Å². The molecule has 0 saturated heterocycles. The number of hydrogen-bond acceptors (Lipinski definition) is 2. The van der Waals surface area contributed by atoms with Crippen molar-refractivity contribution in [3.8, 4) is 0 Å². The molecule has 0 unspecified atom stereocenters. The van der Waals surface area contributed by atoms with Crippen LogP contribution in [0.4, 0.5) is 0 Å². The summed E-state index contributed by atoms with van der Waals surface area (Å²) in [5, 5.41) is 4.64. The second-order valence-corrected chi connectivity index (χ2v) is 6.24. The summed E-state index contributed by atoms with van der Waals surface area (Å²) in [4.78, 5) is 16.6. The zero-order valence-corrected chi connectivity index (χ0v) is 13.8. The summed E-state index contributed by atoms with van der Waals surface area (Å²) >= 11 is 5.96. The van der Waals surface area contributed by atoms with Gasteiger partial charge in [-0.25, -0.2) is 0 Å². The number of carbonyl (C=O) groups excluding carboxylic acids is 1. The Balaban J connectivity index is 1.80. The van der Waals surface area contributed by atoms with Gasteiger partial charge in [0.15, 0.2) is 0 Å². The maximum absolute atomic E-state index is 12.2. The van der Waals surface area contributed by atoms with Crippen LogP contribution in [0.2, 0.25) is 5.02 Å². The molecule has 4 nitrogen and oxygen atoms in total. The highest BCUT2D eigenvalue weighted by Gasteiger charge is 2.21. The van der Waals surface area contributed by atoms with Crippen molar-refractivity contribution in [1.82, 2.24) is 9.88 Å². The second kappa shape index (κ2) is 6.13. The smallest absolute Gasteiger partial charge is 0.270 e. The molecule has 2 aromatic carbocycles. The number of para-hydroxylation sites is 1. The number of aliphatic imine (C=N–C) groups is 1. The molecule has 0 spiro atoms. The number of rotatable bonds is 3. The van der Waals surface area contributed by atoms with Gasteiger partial charge >= 0.3 is 0 Å². The van der Waals surface area contributed by atoms with Gasteiger partial charge in [-0.1, -0.05) is 41.9 Å². The van der Waals surface area contributed by atoms with Crippen molar-refractivity contribution in [3.63, 3.8) is 0 Å². The third-order valence-corrected chi connectivity index (χ3v) is 4.44. The fourth-order valence-corrected chi connectivity index (χ4v) is 3.18. The summed E-state index contributed by atoms with van der Waals surface area (Å²) in [5.74, 6) is -0.101. The van der Waals surface area contributed by atoms with Gasteiger partial charge < -0.3 is 9.88 Å². The number of amides is 1. The molecule has 4 rings (SSSR count). The van der Waals surface area contributed by atoms with Gasteiger partial charge in [-0.2, -0.15) is 0 Å². The zero-order chi connectivity index (χ0) is 16.5. The van der Waals surface area contributed by atoms with Gasteiger partial charge in [0.1, 0.15) is 5.71 Å². The number of benzene rings is 2. The molecular formula is C19H16ClN3O. The van der Waals surface area contributed by atoms with Crippen LogP contribution in [0.3, 0.4) is 0 Å². The first-order chi connectivity index (χ1) is 11.7. The number of halogens is 1. The summed E-state index contributed by atoms with van der Waals surface area (Å²) in [5.41, 5.74) is 3.65. The van der Waals surface area contributed by atoms with Gasteiger partial charge in [0, 0.05) is 40.8 Å². The van der Waals surface area contributed by atoms with Crippen LogP contribution in [-0.4, -0.2) is 29.3 Å². The summed E-state index contributed by atoms with van der Waals surface area (Å²) in [7, 11) is 0. The van der Waals surface area contributed by atoms with Crippen LogP contribution < -0.4 is 5.32 Å². The van der Waals surface area contributed by atoms with Gasteiger partial charge in [-0.15, -0.1) is 0 Å². The normalized spacial score (nSPS) is 14.5. The standard InChI is InChI=1S/C19H16ClN3O/c20-14-7-5-13(6-8-14)11-23-12-16(15-3-1-2-4-17(15)23)18-19(24)22-10-9-21-18/h1-8,12H,9-11H2,(H,22,24). The molecule has 3 aromatic rings. The Hall–Kier alpha value is -2.59. The van der Waals surface area contributed by atoms with Crippen molar-refractivity contribution in [2.45, 2.75) is 6.54 Å². The van der Waals surface area contributed by atoms with E-state index in [1.807, 2.05) is 48.7 Å². The number of hydrogen-bond donors (Lipinski definition) is 1. The Morgan fingerprint density at radius 3 is 2.71 bits per heavy atom. The molecule has 0 radical (unpaired) electrons. The lowest BCUT2D eigenvalue weighted by molar-refractivity contribution is -0.114. The lowest BCUT2D eigenvalue weighted by Gasteiger charge is -2.11. The number of fused-ring (bicyclic) bond motifs is 1. The molecule has 120 valence electrons. The van der Waals surface area contributed by atoms with Crippen LogP contribution in [-0.2, 0) is 11.3 Å². The van der Waals surface area contributed by atoms with Crippen LogP contribution >= 0.6 is 11.6 Å².